The second-order valence-electron chi connectivity index (χ2n) is 6.01. The van der Waals surface area contributed by atoms with Crippen molar-refractivity contribution < 1.29 is 0 Å². The highest BCUT2D eigenvalue weighted by atomic mass is 15.1. The summed E-state index contributed by atoms with van der Waals surface area (Å²) in [6.07, 6.45) is 1.10. The Hall–Kier alpha value is -1.60. The Balaban J connectivity index is 1.93. The molecule has 0 radical (unpaired) electrons. The van der Waals surface area contributed by atoms with Crippen molar-refractivity contribution in [2.45, 2.75) is 18.3 Å². The van der Waals surface area contributed by atoms with Crippen LogP contribution in [0.4, 0.5) is 0 Å². The molecule has 1 heterocycles. The van der Waals surface area contributed by atoms with Crippen molar-refractivity contribution in [3.63, 3.8) is 0 Å². The Morgan fingerprint density at radius 2 is 1.26 bits per heavy atom. The first-order valence-corrected chi connectivity index (χ1v) is 7.17. The van der Waals surface area contributed by atoms with Crippen molar-refractivity contribution in [2.24, 2.45) is 0 Å². The zero-order valence-corrected chi connectivity index (χ0v) is 11.3. The second-order valence-corrected chi connectivity index (χ2v) is 6.01. The first kappa shape index (κ1) is 11.2. The van der Waals surface area contributed by atoms with Crippen molar-refractivity contribution in [1.82, 2.24) is 4.90 Å². The van der Waals surface area contributed by atoms with Gasteiger partial charge in [-0.3, -0.25) is 0 Å². The molecule has 96 valence electrons. The Labute approximate surface area is 114 Å². The lowest BCUT2D eigenvalue weighted by molar-refractivity contribution is 0.407. The lowest BCUT2D eigenvalue weighted by Gasteiger charge is -2.19. The second kappa shape index (κ2) is 4.21. The number of benzene rings is 2. The fourth-order valence-corrected chi connectivity index (χ4v) is 3.95. The maximum absolute atomic E-state index is 2.48. The van der Waals surface area contributed by atoms with Crippen LogP contribution in [0.5, 0.6) is 0 Å². The summed E-state index contributed by atoms with van der Waals surface area (Å²) in [5, 5.41) is 0. The summed E-state index contributed by atoms with van der Waals surface area (Å²) in [6, 6.07) is 18.1. The van der Waals surface area contributed by atoms with Crippen molar-refractivity contribution in [1.29, 1.82) is 0 Å². The zero-order chi connectivity index (χ0) is 12.8. The Morgan fingerprint density at radius 3 is 1.79 bits per heavy atom. The van der Waals surface area contributed by atoms with Crippen LogP contribution < -0.4 is 0 Å². The molecule has 0 aromatic heterocycles. The number of fused-ring (bicyclic) bond motifs is 5. The molecule has 2 unspecified atom stereocenters. The van der Waals surface area contributed by atoms with Crippen molar-refractivity contribution >= 4 is 0 Å². The van der Waals surface area contributed by atoms with Crippen LogP contribution >= 0.6 is 0 Å². The van der Waals surface area contributed by atoms with Gasteiger partial charge in [-0.05, 0) is 35.7 Å². The van der Waals surface area contributed by atoms with Crippen LogP contribution in [0.1, 0.15) is 34.1 Å². The van der Waals surface area contributed by atoms with Gasteiger partial charge in [0.25, 0.3) is 0 Å². The molecule has 0 saturated carbocycles. The number of nitrogens with zero attached hydrogens (tertiary/aromatic N) is 1. The molecule has 1 nitrogen and oxygen atoms in total. The summed E-state index contributed by atoms with van der Waals surface area (Å²) < 4.78 is 0. The first-order chi connectivity index (χ1) is 9.33. The zero-order valence-electron chi connectivity index (χ0n) is 11.3. The quantitative estimate of drug-likeness (QED) is 0.691. The summed E-state index contributed by atoms with van der Waals surface area (Å²) in [6.45, 7) is 2.38. The highest BCUT2D eigenvalue weighted by Gasteiger charge is 2.36. The Kier molecular flexibility index (Phi) is 2.49. The summed E-state index contributed by atoms with van der Waals surface area (Å²) in [5.41, 5.74) is 6.21. The van der Waals surface area contributed by atoms with Gasteiger partial charge in [-0.1, -0.05) is 48.5 Å². The van der Waals surface area contributed by atoms with Gasteiger partial charge in [0.1, 0.15) is 0 Å². The molecule has 2 aliphatic rings. The molecule has 2 aromatic rings. The average Bonchev–Trinajstić information content (AvgIpc) is 2.76. The van der Waals surface area contributed by atoms with E-state index in [1.54, 1.807) is 11.1 Å². The lowest BCUT2D eigenvalue weighted by Crippen LogP contribution is -2.14. The predicted molar refractivity (Wildman–Crippen MR) is 78.7 cm³/mol. The van der Waals surface area contributed by atoms with E-state index in [1.165, 1.54) is 24.2 Å². The molecule has 1 saturated heterocycles. The van der Waals surface area contributed by atoms with Gasteiger partial charge in [-0.15, -0.1) is 0 Å². The topological polar surface area (TPSA) is 3.24 Å². The van der Waals surface area contributed by atoms with Crippen LogP contribution in [0.2, 0.25) is 0 Å². The fraction of sp³-hybridized carbons (Fsp3) is 0.333. The van der Waals surface area contributed by atoms with E-state index in [0.717, 1.165) is 6.42 Å². The minimum Gasteiger partial charge on any atom is -0.305 e. The van der Waals surface area contributed by atoms with Gasteiger partial charge in [0.15, 0.2) is 0 Å². The molecule has 1 aliphatic carbocycles. The molecule has 1 heteroatoms. The normalized spacial score (nSPS) is 25.3. The number of hydrogen-bond acceptors (Lipinski definition) is 1. The first-order valence-electron chi connectivity index (χ1n) is 7.17. The summed E-state index contributed by atoms with van der Waals surface area (Å²) in [4.78, 5) is 2.48. The van der Waals surface area contributed by atoms with E-state index in [1.807, 2.05) is 0 Å². The van der Waals surface area contributed by atoms with Gasteiger partial charge >= 0.3 is 0 Å². The molecule has 0 amide bonds. The van der Waals surface area contributed by atoms with Gasteiger partial charge < -0.3 is 4.90 Å². The molecule has 2 atom stereocenters. The number of likely N-dealkylation sites (tertiary alicyclic amines) is 1. The molecule has 19 heavy (non-hydrogen) atoms. The smallest absolute Gasteiger partial charge is 0.00540 e. The third kappa shape index (κ3) is 1.73. The minimum atomic E-state index is 0.671. The van der Waals surface area contributed by atoms with Crippen LogP contribution in [0, 0.1) is 0 Å². The summed E-state index contributed by atoms with van der Waals surface area (Å²) in [5.74, 6) is 1.34. The van der Waals surface area contributed by atoms with E-state index in [2.05, 4.69) is 60.5 Å². The van der Waals surface area contributed by atoms with Crippen molar-refractivity contribution in [3.05, 3.63) is 70.8 Å². The van der Waals surface area contributed by atoms with E-state index >= 15 is 0 Å². The van der Waals surface area contributed by atoms with E-state index in [0.29, 0.717) is 11.8 Å². The molecular formula is C18H19N. The number of rotatable bonds is 0. The Bertz CT molecular complexity index is 563. The highest BCUT2D eigenvalue weighted by molar-refractivity contribution is 5.46. The van der Waals surface area contributed by atoms with Crippen LogP contribution in [0.3, 0.4) is 0 Å². The number of hydrogen-bond donors (Lipinski definition) is 0. The van der Waals surface area contributed by atoms with Crippen LogP contribution in [-0.4, -0.2) is 25.0 Å². The molecule has 0 bridgehead atoms. The average molecular weight is 249 g/mol. The maximum atomic E-state index is 2.48. The summed E-state index contributed by atoms with van der Waals surface area (Å²) in [7, 11) is 2.25. The van der Waals surface area contributed by atoms with Gasteiger partial charge in [-0.2, -0.15) is 0 Å². The van der Waals surface area contributed by atoms with Crippen molar-refractivity contribution in [3.8, 4) is 0 Å². The third-order valence-electron chi connectivity index (χ3n) is 4.79. The van der Waals surface area contributed by atoms with Gasteiger partial charge in [-0.25, -0.2) is 0 Å². The molecule has 0 spiro atoms. The highest BCUT2D eigenvalue weighted by Crippen LogP contribution is 2.44. The van der Waals surface area contributed by atoms with Crippen LogP contribution in [-0.2, 0) is 6.42 Å². The molecule has 1 fully saturated rings. The van der Waals surface area contributed by atoms with E-state index in [9.17, 15) is 0 Å². The van der Waals surface area contributed by atoms with Crippen molar-refractivity contribution in [2.75, 3.05) is 20.1 Å². The van der Waals surface area contributed by atoms with Gasteiger partial charge in [0.05, 0.1) is 0 Å². The Morgan fingerprint density at radius 1 is 0.789 bits per heavy atom. The van der Waals surface area contributed by atoms with Gasteiger partial charge in [0, 0.05) is 24.9 Å². The number of likely N-dealkylation sites (N-methyl/N-ethyl adjacent to an activating group) is 1. The van der Waals surface area contributed by atoms with Gasteiger partial charge in [0.2, 0.25) is 0 Å². The SMILES string of the molecule is CN1CC2c3ccccc3Cc3ccccc3C2C1. The lowest BCUT2D eigenvalue weighted by atomic mass is 9.84. The standard InChI is InChI=1S/C18H19N/c1-19-11-17-15-8-4-2-6-13(15)10-14-7-3-5-9-16(14)18(17)12-19/h2-9,17-18H,10-12H2,1H3. The monoisotopic (exact) mass is 249 g/mol. The van der Waals surface area contributed by atoms with E-state index in [-0.39, 0.29) is 0 Å². The molecule has 4 rings (SSSR count). The predicted octanol–water partition coefficient (Wildman–Crippen LogP) is 3.40. The maximum Gasteiger partial charge on any atom is 0.00540 e. The minimum absolute atomic E-state index is 0.671. The largest absolute Gasteiger partial charge is 0.305 e. The molecule has 2 aromatic carbocycles. The molecule has 1 aliphatic heterocycles. The van der Waals surface area contributed by atoms with Crippen LogP contribution in [0.15, 0.2) is 48.5 Å². The summed E-state index contributed by atoms with van der Waals surface area (Å²) >= 11 is 0. The molecule has 0 N–H and O–H groups in total. The van der Waals surface area contributed by atoms with E-state index < -0.39 is 0 Å². The molecular weight excluding hydrogens is 230 g/mol. The fourth-order valence-electron chi connectivity index (χ4n) is 3.95. The third-order valence-corrected chi connectivity index (χ3v) is 4.79. The van der Waals surface area contributed by atoms with Crippen LogP contribution in [0.25, 0.3) is 0 Å². The van der Waals surface area contributed by atoms with E-state index in [4.69, 9.17) is 0 Å².